The van der Waals surface area contributed by atoms with E-state index in [0.717, 1.165) is 35.6 Å². The highest BCUT2D eigenvalue weighted by Crippen LogP contribution is 2.33. The molecule has 4 heterocycles. The van der Waals surface area contributed by atoms with Crippen molar-refractivity contribution in [2.75, 3.05) is 32.1 Å². The molecular weight excluding hydrogens is 420 g/mol. The zero-order valence-electron chi connectivity index (χ0n) is 18.5. The molecule has 1 saturated heterocycles. The minimum atomic E-state index is -0.167. The number of anilines is 2. The summed E-state index contributed by atoms with van der Waals surface area (Å²) in [6, 6.07) is 7.51. The summed E-state index contributed by atoms with van der Waals surface area (Å²) in [5, 5.41) is 3.09. The third-order valence-corrected chi connectivity index (χ3v) is 6.21. The van der Waals surface area contributed by atoms with Crippen molar-refractivity contribution in [3.8, 4) is 11.5 Å². The number of fused-ring (bicyclic) bond motifs is 1. The molecule has 33 heavy (non-hydrogen) atoms. The van der Waals surface area contributed by atoms with E-state index in [1.807, 2.05) is 23.1 Å². The third-order valence-electron chi connectivity index (χ3n) is 6.21. The van der Waals surface area contributed by atoms with Crippen molar-refractivity contribution >= 4 is 17.7 Å². The summed E-state index contributed by atoms with van der Waals surface area (Å²) in [5.74, 6) is 2.97. The minimum absolute atomic E-state index is 0.157. The smallest absolute Gasteiger partial charge is 0.229 e. The van der Waals surface area contributed by atoms with Crippen molar-refractivity contribution in [3.63, 3.8) is 0 Å². The van der Waals surface area contributed by atoms with Crippen molar-refractivity contribution in [2.24, 2.45) is 5.92 Å². The Bertz CT molecular complexity index is 1120. The predicted octanol–water partition coefficient (Wildman–Crippen LogP) is 2.98. The first-order valence-electron chi connectivity index (χ1n) is 11.1. The molecule has 0 bridgehead atoms. The number of carbonyl (C=O) groups excluding carboxylic acids is 1. The molecule has 5 rings (SSSR count). The van der Waals surface area contributed by atoms with Crippen LogP contribution in [0.4, 0.5) is 11.8 Å². The van der Waals surface area contributed by atoms with Crippen LogP contribution in [0, 0.1) is 5.92 Å². The summed E-state index contributed by atoms with van der Waals surface area (Å²) in [6.07, 6.45) is 9.18. The monoisotopic (exact) mass is 446 g/mol. The van der Waals surface area contributed by atoms with Gasteiger partial charge in [0.1, 0.15) is 18.1 Å². The predicted molar refractivity (Wildman–Crippen MR) is 122 cm³/mol. The summed E-state index contributed by atoms with van der Waals surface area (Å²) >= 11 is 0. The fourth-order valence-electron chi connectivity index (χ4n) is 4.43. The molecule has 9 nitrogen and oxygen atoms in total. The maximum Gasteiger partial charge on any atom is 0.229 e. The first-order valence-corrected chi connectivity index (χ1v) is 11.1. The molecule has 0 aliphatic carbocycles. The SMILES string of the molecule is COc1ccc2c(c1)C[C@H](C(=O)N1CCC(c3cncc(Nc4ncccn4)n3)CC1)CO2. The highest BCUT2D eigenvalue weighted by molar-refractivity contribution is 5.80. The molecule has 1 N–H and O–H groups in total. The van der Waals surface area contributed by atoms with Crippen molar-refractivity contribution in [1.29, 1.82) is 0 Å². The molecule has 0 spiro atoms. The molecule has 2 aromatic heterocycles. The number of ether oxygens (including phenoxy) is 2. The zero-order valence-corrected chi connectivity index (χ0v) is 18.5. The van der Waals surface area contributed by atoms with E-state index in [-0.39, 0.29) is 17.7 Å². The van der Waals surface area contributed by atoms with Gasteiger partial charge in [-0.3, -0.25) is 9.78 Å². The van der Waals surface area contributed by atoms with Crippen LogP contribution in [0.1, 0.15) is 30.0 Å². The van der Waals surface area contributed by atoms with Crippen LogP contribution >= 0.6 is 0 Å². The maximum absolute atomic E-state index is 13.2. The van der Waals surface area contributed by atoms with Crippen molar-refractivity contribution < 1.29 is 14.3 Å². The summed E-state index contributed by atoms with van der Waals surface area (Å²) < 4.78 is 11.2. The van der Waals surface area contributed by atoms with E-state index in [1.165, 1.54) is 0 Å². The third kappa shape index (κ3) is 4.72. The topological polar surface area (TPSA) is 102 Å². The number of nitrogens with zero attached hydrogens (tertiary/aromatic N) is 5. The first-order chi connectivity index (χ1) is 16.2. The summed E-state index contributed by atoms with van der Waals surface area (Å²) in [5.41, 5.74) is 1.95. The molecule has 1 amide bonds. The highest BCUT2D eigenvalue weighted by atomic mass is 16.5. The Morgan fingerprint density at radius 2 is 2.00 bits per heavy atom. The van der Waals surface area contributed by atoms with Gasteiger partial charge in [0, 0.05) is 37.6 Å². The molecular formula is C24H26N6O3. The van der Waals surface area contributed by atoms with Crippen LogP contribution in [0.3, 0.4) is 0 Å². The zero-order chi connectivity index (χ0) is 22.6. The Morgan fingerprint density at radius 3 is 2.79 bits per heavy atom. The average molecular weight is 447 g/mol. The van der Waals surface area contributed by atoms with Crippen LogP contribution in [-0.4, -0.2) is 57.5 Å². The second-order valence-electron chi connectivity index (χ2n) is 8.31. The van der Waals surface area contributed by atoms with E-state index in [4.69, 9.17) is 14.5 Å². The molecule has 2 aliphatic rings. The highest BCUT2D eigenvalue weighted by Gasteiger charge is 2.32. The fourth-order valence-corrected chi connectivity index (χ4v) is 4.43. The van der Waals surface area contributed by atoms with Gasteiger partial charge in [0.25, 0.3) is 0 Å². The lowest BCUT2D eigenvalue weighted by Crippen LogP contribution is -2.44. The lowest BCUT2D eigenvalue weighted by atomic mass is 9.91. The number of carbonyl (C=O) groups is 1. The van der Waals surface area contributed by atoms with Crippen molar-refractivity contribution in [2.45, 2.75) is 25.2 Å². The van der Waals surface area contributed by atoms with Gasteiger partial charge >= 0.3 is 0 Å². The van der Waals surface area contributed by atoms with Crippen molar-refractivity contribution in [1.82, 2.24) is 24.8 Å². The number of methoxy groups -OCH3 is 1. The molecule has 2 aliphatic heterocycles. The van der Waals surface area contributed by atoms with Gasteiger partial charge < -0.3 is 19.7 Å². The number of hydrogen-bond donors (Lipinski definition) is 1. The Morgan fingerprint density at radius 1 is 1.18 bits per heavy atom. The van der Waals surface area contributed by atoms with Crippen LogP contribution in [0.5, 0.6) is 11.5 Å². The number of aromatic nitrogens is 4. The Kier molecular flexibility index (Phi) is 6.01. The van der Waals surface area contributed by atoms with E-state index >= 15 is 0 Å². The van der Waals surface area contributed by atoms with Crippen LogP contribution in [0.2, 0.25) is 0 Å². The van der Waals surface area contributed by atoms with Gasteiger partial charge in [-0.05, 0) is 49.1 Å². The van der Waals surface area contributed by atoms with E-state index in [1.54, 1.807) is 38.0 Å². The summed E-state index contributed by atoms with van der Waals surface area (Å²) in [4.78, 5) is 32.5. The molecule has 1 atom stereocenters. The van der Waals surface area contributed by atoms with Crippen LogP contribution in [0.15, 0.2) is 49.1 Å². The molecule has 0 radical (unpaired) electrons. The van der Waals surface area contributed by atoms with Gasteiger partial charge in [-0.2, -0.15) is 0 Å². The molecule has 0 saturated carbocycles. The molecule has 170 valence electrons. The second-order valence-corrected chi connectivity index (χ2v) is 8.31. The van der Waals surface area contributed by atoms with E-state index in [2.05, 4.69) is 20.3 Å². The van der Waals surface area contributed by atoms with Gasteiger partial charge in [0.05, 0.1) is 24.9 Å². The van der Waals surface area contributed by atoms with Crippen LogP contribution < -0.4 is 14.8 Å². The summed E-state index contributed by atoms with van der Waals surface area (Å²) in [7, 11) is 1.64. The Labute approximate surface area is 192 Å². The van der Waals surface area contributed by atoms with E-state index < -0.39 is 0 Å². The fraction of sp³-hybridized carbons (Fsp3) is 0.375. The number of piperidine rings is 1. The largest absolute Gasteiger partial charge is 0.497 e. The lowest BCUT2D eigenvalue weighted by molar-refractivity contribution is -0.138. The van der Waals surface area contributed by atoms with E-state index in [0.29, 0.717) is 37.9 Å². The second kappa shape index (κ2) is 9.40. The van der Waals surface area contributed by atoms with Gasteiger partial charge in [-0.1, -0.05) is 0 Å². The Hall–Kier alpha value is -3.75. The number of nitrogens with one attached hydrogen (secondary N) is 1. The van der Waals surface area contributed by atoms with Crippen LogP contribution in [-0.2, 0) is 11.2 Å². The molecule has 3 aromatic rings. The Balaban J connectivity index is 1.19. The van der Waals surface area contributed by atoms with Gasteiger partial charge in [-0.25, -0.2) is 15.0 Å². The van der Waals surface area contributed by atoms with Gasteiger partial charge in [0.15, 0.2) is 5.82 Å². The number of benzene rings is 1. The minimum Gasteiger partial charge on any atom is -0.497 e. The standard InChI is InChI=1S/C24H26N6O3/c1-32-19-3-4-21-17(12-19)11-18(15-33-21)23(31)30-9-5-16(6-10-30)20-13-25-14-22(28-20)29-24-26-7-2-8-27-24/h2-4,7-8,12-14,16,18H,5-6,9-11,15H2,1H3,(H,26,27,28,29)/t18-/m0/s1. The molecule has 1 fully saturated rings. The number of rotatable bonds is 5. The van der Waals surface area contributed by atoms with Crippen molar-refractivity contribution in [3.05, 3.63) is 60.3 Å². The lowest BCUT2D eigenvalue weighted by Gasteiger charge is -2.35. The maximum atomic E-state index is 13.2. The normalized spacial score (nSPS) is 18.2. The number of hydrogen-bond acceptors (Lipinski definition) is 8. The van der Waals surface area contributed by atoms with Gasteiger partial charge in [-0.15, -0.1) is 0 Å². The number of amides is 1. The molecule has 0 unspecified atom stereocenters. The first kappa shape index (κ1) is 21.1. The summed E-state index contributed by atoms with van der Waals surface area (Å²) in [6.45, 7) is 1.82. The average Bonchev–Trinajstić information content (AvgIpc) is 2.88. The quantitative estimate of drug-likeness (QED) is 0.638. The molecule has 1 aromatic carbocycles. The van der Waals surface area contributed by atoms with Crippen LogP contribution in [0.25, 0.3) is 0 Å². The number of likely N-dealkylation sites (tertiary alicyclic amines) is 1. The molecule has 9 heteroatoms. The van der Waals surface area contributed by atoms with E-state index in [9.17, 15) is 4.79 Å². The van der Waals surface area contributed by atoms with Gasteiger partial charge in [0.2, 0.25) is 11.9 Å².